The van der Waals surface area contributed by atoms with Crippen LogP contribution in [0.5, 0.6) is 11.5 Å². The first kappa shape index (κ1) is 9.83. The Hall–Kier alpha value is -1.71. The zero-order chi connectivity index (χ0) is 10.7. The van der Waals surface area contributed by atoms with Gasteiger partial charge in [-0.2, -0.15) is 0 Å². The van der Waals surface area contributed by atoms with Gasteiger partial charge in [-0.1, -0.05) is 0 Å². The van der Waals surface area contributed by atoms with Crippen LogP contribution in [0.25, 0.3) is 11.0 Å². The molecule has 0 aliphatic heterocycles. The maximum atomic E-state index is 5.49. The highest BCUT2D eigenvalue weighted by molar-refractivity contribution is 5.79. The van der Waals surface area contributed by atoms with Crippen molar-refractivity contribution in [1.29, 1.82) is 0 Å². The summed E-state index contributed by atoms with van der Waals surface area (Å²) in [7, 11) is 0. The largest absolute Gasteiger partial charge is 0.490 e. The molecule has 0 saturated carbocycles. The molecular formula is C11H14N2O2. The minimum Gasteiger partial charge on any atom is -0.490 e. The first-order chi connectivity index (χ1) is 7.35. The lowest BCUT2D eigenvalue weighted by molar-refractivity contribution is 0.288. The summed E-state index contributed by atoms with van der Waals surface area (Å²) in [6.45, 7) is 5.15. The van der Waals surface area contributed by atoms with Gasteiger partial charge in [-0.3, -0.25) is 0 Å². The van der Waals surface area contributed by atoms with E-state index in [2.05, 4.69) is 9.97 Å². The van der Waals surface area contributed by atoms with Gasteiger partial charge in [0.25, 0.3) is 0 Å². The van der Waals surface area contributed by atoms with Gasteiger partial charge in [0, 0.05) is 12.1 Å². The van der Waals surface area contributed by atoms with Crippen LogP contribution in [-0.4, -0.2) is 23.2 Å². The van der Waals surface area contributed by atoms with Gasteiger partial charge in [0.2, 0.25) is 0 Å². The lowest BCUT2D eigenvalue weighted by atomic mass is 10.2. The molecule has 1 N–H and O–H groups in total. The van der Waals surface area contributed by atoms with Crippen molar-refractivity contribution in [3.63, 3.8) is 0 Å². The molecule has 2 aromatic rings. The minimum absolute atomic E-state index is 0.621. The lowest BCUT2D eigenvalue weighted by Crippen LogP contribution is -1.98. The van der Waals surface area contributed by atoms with Crippen LogP contribution in [0.1, 0.15) is 13.8 Å². The van der Waals surface area contributed by atoms with Crippen molar-refractivity contribution >= 4 is 11.0 Å². The summed E-state index contributed by atoms with van der Waals surface area (Å²) in [6.07, 6.45) is 1.66. The van der Waals surface area contributed by atoms with E-state index < -0.39 is 0 Å². The highest BCUT2D eigenvalue weighted by Gasteiger charge is 2.08. The Balaban J connectivity index is 2.47. The molecule has 4 nitrogen and oxygen atoms in total. The van der Waals surface area contributed by atoms with Gasteiger partial charge in [-0.05, 0) is 13.8 Å². The molecule has 0 aliphatic rings. The van der Waals surface area contributed by atoms with Crippen LogP contribution in [0.2, 0.25) is 0 Å². The van der Waals surface area contributed by atoms with E-state index in [1.807, 2.05) is 26.0 Å². The SMILES string of the molecule is CCOc1cc2nc[nH]c2cc1OCC. The third-order valence-corrected chi connectivity index (χ3v) is 2.09. The Morgan fingerprint density at radius 2 is 1.80 bits per heavy atom. The molecule has 0 spiro atoms. The van der Waals surface area contributed by atoms with E-state index in [9.17, 15) is 0 Å². The number of hydrogen-bond donors (Lipinski definition) is 1. The molecule has 1 aromatic heterocycles. The average molecular weight is 206 g/mol. The third kappa shape index (κ3) is 1.88. The Bertz CT molecular complexity index is 411. The van der Waals surface area contributed by atoms with E-state index in [-0.39, 0.29) is 0 Å². The van der Waals surface area contributed by atoms with Crippen molar-refractivity contribution in [2.45, 2.75) is 13.8 Å². The monoisotopic (exact) mass is 206 g/mol. The van der Waals surface area contributed by atoms with Crippen LogP contribution in [0.4, 0.5) is 0 Å². The molecule has 0 unspecified atom stereocenters. The fourth-order valence-electron chi connectivity index (χ4n) is 1.48. The number of imidazole rings is 1. The third-order valence-electron chi connectivity index (χ3n) is 2.09. The molecule has 0 aliphatic carbocycles. The molecule has 4 heteroatoms. The average Bonchev–Trinajstić information content (AvgIpc) is 2.66. The van der Waals surface area contributed by atoms with Crippen LogP contribution >= 0.6 is 0 Å². The van der Waals surface area contributed by atoms with Crippen molar-refractivity contribution < 1.29 is 9.47 Å². The first-order valence-electron chi connectivity index (χ1n) is 5.07. The second-order valence-electron chi connectivity index (χ2n) is 3.08. The zero-order valence-corrected chi connectivity index (χ0v) is 8.91. The summed E-state index contributed by atoms with van der Waals surface area (Å²) in [4.78, 5) is 7.21. The van der Waals surface area contributed by atoms with Gasteiger partial charge in [0.05, 0.1) is 30.6 Å². The number of aromatic nitrogens is 2. The summed E-state index contributed by atoms with van der Waals surface area (Å²) < 4.78 is 11.0. The quantitative estimate of drug-likeness (QED) is 0.835. The van der Waals surface area contributed by atoms with Crippen molar-refractivity contribution in [3.8, 4) is 11.5 Å². The summed E-state index contributed by atoms with van der Waals surface area (Å²) in [5.74, 6) is 1.51. The van der Waals surface area contributed by atoms with Crippen LogP contribution in [-0.2, 0) is 0 Å². The zero-order valence-electron chi connectivity index (χ0n) is 8.91. The lowest BCUT2D eigenvalue weighted by Gasteiger charge is -2.10. The van der Waals surface area contributed by atoms with E-state index in [1.54, 1.807) is 6.33 Å². The van der Waals surface area contributed by atoms with Gasteiger partial charge in [0.15, 0.2) is 11.5 Å². The molecule has 0 radical (unpaired) electrons. The predicted molar refractivity (Wildman–Crippen MR) is 58.4 cm³/mol. The number of fused-ring (bicyclic) bond motifs is 1. The highest BCUT2D eigenvalue weighted by atomic mass is 16.5. The number of ether oxygens (including phenoxy) is 2. The van der Waals surface area contributed by atoms with Crippen LogP contribution in [0.15, 0.2) is 18.5 Å². The number of H-pyrrole nitrogens is 1. The Morgan fingerprint density at radius 1 is 1.13 bits per heavy atom. The highest BCUT2D eigenvalue weighted by Crippen LogP contribution is 2.31. The molecule has 0 amide bonds. The van der Waals surface area contributed by atoms with Crippen molar-refractivity contribution in [2.75, 3.05) is 13.2 Å². The van der Waals surface area contributed by atoms with Gasteiger partial charge in [0.1, 0.15) is 0 Å². The van der Waals surface area contributed by atoms with Crippen molar-refractivity contribution in [2.24, 2.45) is 0 Å². The fourth-order valence-corrected chi connectivity index (χ4v) is 1.48. The standard InChI is InChI=1S/C11H14N2O2/c1-3-14-10-5-8-9(13-7-12-8)6-11(10)15-4-2/h5-7H,3-4H2,1-2H3,(H,12,13). The van der Waals surface area contributed by atoms with Gasteiger partial charge in [-0.25, -0.2) is 4.98 Å². The number of nitrogens with one attached hydrogen (secondary N) is 1. The fraction of sp³-hybridized carbons (Fsp3) is 0.364. The normalized spacial score (nSPS) is 10.5. The summed E-state index contributed by atoms with van der Waals surface area (Å²) in [5, 5.41) is 0. The maximum absolute atomic E-state index is 5.49. The summed E-state index contributed by atoms with van der Waals surface area (Å²) in [5.41, 5.74) is 1.85. The van der Waals surface area contributed by atoms with Crippen molar-refractivity contribution in [3.05, 3.63) is 18.5 Å². The number of rotatable bonds is 4. The van der Waals surface area contributed by atoms with Crippen LogP contribution < -0.4 is 9.47 Å². The maximum Gasteiger partial charge on any atom is 0.163 e. The predicted octanol–water partition coefficient (Wildman–Crippen LogP) is 2.36. The molecule has 0 atom stereocenters. The van der Waals surface area contributed by atoms with Gasteiger partial charge < -0.3 is 14.5 Å². The van der Waals surface area contributed by atoms with E-state index in [1.165, 1.54) is 0 Å². The van der Waals surface area contributed by atoms with Gasteiger partial charge >= 0.3 is 0 Å². The Kier molecular flexibility index (Phi) is 2.76. The second-order valence-corrected chi connectivity index (χ2v) is 3.08. The van der Waals surface area contributed by atoms with Gasteiger partial charge in [-0.15, -0.1) is 0 Å². The van der Waals surface area contributed by atoms with Crippen molar-refractivity contribution in [1.82, 2.24) is 9.97 Å². The molecule has 15 heavy (non-hydrogen) atoms. The molecule has 80 valence electrons. The van der Waals surface area contributed by atoms with E-state index in [4.69, 9.17) is 9.47 Å². The minimum atomic E-state index is 0.621. The second kappa shape index (κ2) is 4.21. The van der Waals surface area contributed by atoms with Crippen LogP contribution in [0.3, 0.4) is 0 Å². The molecule has 1 heterocycles. The Labute approximate surface area is 88.2 Å². The molecule has 1 aromatic carbocycles. The smallest absolute Gasteiger partial charge is 0.163 e. The summed E-state index contributed by atoms with van der Waals surface area (Å²) in [6, 6.07) is 3.80. The molecule has 0 saturated heterocycles. The van der Waals surface area contributed by atoms with Crippen LogP contribution in [0, 0.1) is 0 Å². The molecule has 2 rings (SSSR count). The Morgan fingerprint density at radius 3 is 2.47 bits per heavy atom. The molecule has 0 bridgehead atoms. The first-order valence-corrected chi connectivity index (χ1v) is 5.07. The topological polar surface area (TPSA) is 47.1 Å². The number of benzene rings is 1. The van der Waals surface area contributed by atoms with E-state index >= 15 is 0 Å². The molecule has 0 fully saturated rings. The summed E-state index contributed by atoms with van der Waals surface area (Å²) >= 11 is 0. The van der Waals surface area contributed by atoms with E-state index in [0.717, 1.165) is 22.5 Å². The number of nitrogens with zero attached hydrogens (tertiary/aromatic N) is 1. The number of aromatic amines is 1. The molecular weight excluding hydrogens is 192 g/mol. The number of hydrogen-bond acceptors (Lipinski definition) is 3. The van der Waals surface area contributed by atoms with E-state index in [0.29, 0.717) is 13.2 Å².